The number of carbonyl (C=O) groups excluding carboxylic acids is 2. The highest BCUT2D eigenvalue weighted by molar-refractivity contribution is 5.78. The Bertz CT molecular complexity index is 246. The average molecular weight is 204 g/mol. The lowest BCUT2D eigenvalue weighted by molar-refractivity contribution is -0.361. The summed E-state index contributed by atoms with van der Waals surface area (Å²) in [6.07, 6.45) is -1.41. The largest absolute Gasteiger partial charge is 0.452 e. The second-order valence-electron chi connectivity index (χ2n) is 3.02. The molecule has 1 unspecified atom stereocenters. The fourth-order valence-electron chi connectivity index (χ4n) is 1.13. The molecule has 80 valence electrons. The normalized spacial score (nSPS) is 27.2. The lowest BCUT2D eigenvalue weighted by Crippen LogP contribution is -2.49. The summed E-state index contributed by atoms with van der Waals surface area (Å²) in [6, 6.07) is 0. The molecule has 1 saturated heterocycles. The highest BCUT2D eigenvalue weighted by Gasteiger charge is 2.42. The van der Waals surface area contributed by atoms with Gasteiger partial charge in [0.25, 0.3) is 0 Å². The van der Waals surface area contributed by atoms with Gasteiger partial charge in [-0.15, -0.1) is 0 Å². The van der Waals surface area contributed by atoms with Crippen LogP contribution in [0.4, 0.5) is 0 Å². The van der Waals surface area contributed by atoms with Gasteiger partial charge in [0, 0.05) is 0 Å². The molecule has 1 atom stereocenters. The topological polar surface area (TPSA) is 93.1 Å². The number of aliphatic hydroxyl groups is 2. The van der Waals surface area contributed by atoms with Crippen molar-refractivity contribution in [1.29, 1.82) is 0 Å². The third-order valence-electron chi connectivity index (χ3n) is 1.86. The van der Waals surface area contributed by atoms with Gasteiger partial charge < -0.3 is 19.7 Å². The SMILES string of the molecule is CCC1OC(=O)CCC(=O)OC1(O)O. The average Bonchev–Trinajstić information content (AvgIpc) is 2.08. The lowest BCUT2D eigenvalue weighted by Gasteiger charge is -2.30. The first-order valence-corrected chi connectivity index (χ1v) is 4.31. The standard InChI is InChI=1S/C8H12O6/c1-2-5-8(11,12)14-7(10)4-3-6(9)13-5/h5,11-12H,2-4H2,1H3. The molecule has 1 heterocycles. The van der Waals surface area contributed by atoms with Crippen LogP contribution < -0.4 is 0 Å². The number of esters is 2. The van der Waals surface area contributed by atoms with Gasteiger partial charge in [-0.1, -0.05) is 6.92 Å². The minimum atomic E-state index is -2.72. The zero-order valence-electron chi connectivity index (χ0n) is 7.73. The van der Waals surface area contributed by atoms with E-state index in [1.807, 2.05) is 0 Å². The molecule has 6 nitrogen and oxygen atoms in total. The van der Waals surface area contributed by atoms with Gasteiger partial charge in [0.15, 0.2) is 6.10 Å². The van der Waals surface area contributed by atoms with Crippen LogP contribution in [-0.2, 0) is 19.1 Å². The molecule has 6 heteroatoms. The van der Waals surface area contributed by atoms with E-state index in [1.54, 1.807) is 6.92 Å². The second kappa shape index (κ2) is 3.93. The van der Waals surface area contributed by atoms with Crippen molar-refractivity contribution in [1.82, 2.24) is 0 Å². The molecule has 0 spiro atoms. The van der Waals surface area contributed by atoms with E-state index in [2.05, 4.69) is 9.47 Å². The Kier molecular flexibility index (Phi) is 3.07. The van der Waals surface area contributed by atoms with Crippen molar-refractivity contribution in [2.24, 2.45) is 0 Å². The molecule has 1 aliphatic rings. The van der Waals surface area contributed by atoms with Crippen molar-refractivity contribution in [3.8, 4) is 0 Å². The molecule has 0 saturated carbocycles. The predicted molar refractivity (Wildman–Crippen MR) is 42.7 cm³/mol. The molecule has 0 aromatic heterocycles. The van der Waals surface area contributed by atoms with Crippen LogP contribution in [0.2, 0.25) is 0 Å². The summed E-state index contributed by atoms with van der Waals surface area (Å²) in [5.74, 6) is -4.19. The molecular formula is C8H12O6. The summed E-state index contributed by atoms with van der Waals surface area (Å²) >= 11 is 0. The quantitative estimate of drug-likeness (QED) is 0.432. The molecule has 0 aromatic rings. The zero-order valence-corrected chi connectivity index (χ0v) is 7.73. The summed E-state index contributed by atoms with van der Waals surface area (Å²) in [4.78, 5) is 21.9. The highest BCUT2D eigenvalue weighted by atomic mass is 16.8. The van der Waals surface area contributed by atoms with E-state index in [1.165, 1.54) is 0 Å². The predicted octanol–water partition coefficient (Wildman–Crippen LogP) is -0.716. The van der Waals surface area contributed by atoms with E-state index in [4.69, 9.17) is 0 Å². The van der Waals surface area contributed by atoms with Gasteiger partial charge in [-0.25, -0.2) is 0 Å². The van der Waals surface area contributed by atoms with Gasteiger partial charge in [-0.3, -0.25) is 9.59 Å². The van der Waals surface area contributed by atoms with Crippen molar-refractivity contribution >= 4 is 11.9 Å². The van der Waals surface area contributed by atoms with Gasteiger partial charge >= 0.3 is 17.9 Å². The smallest absolute Gasteiger partial charge is 0.363 e. The summed E-state index contributed by atoms with van der Waals surface area (Å²) in [7, 11) is 0. The second-order valence-corrected chi connectivity index (χ2v) is 3.02. The maximum Gasteiger partial charge on any atom is 0.363 e. The molecule has 1 rings (SSSR count). The van der Waals surface area contributed by atoms with Crippen LogP contribution in [0, 0.1) is 0 Å². The van der Waals surface area contributed by atoms with Crippen LogP contribution in [0.5, 0.6) is 0 Å². The first-order valence-electron chi connectivity index (χ1n) is 4.31. The van der Waals surface area contributed by atoms with E-state index in [9.17, 15) is 19.8 Å². The minimum Gasteiger partial charge on any atom is -0.452 e. The maximum atomic E-state index is 11.0. The van der Waals surface area contributed by atoms with Gasteiger partial charge in [0.1, 0.15) is 0 Å². The van der Waals surface area contributed by atoms with Gasteiger partial charge in [-0.2, -0.15) is 0 Å². The summed E-state index contributed by atoms with van der Waals surface area (Å²) in [5, 5.41) is 18.5. The lowest BCUT2D eigenvalue weighted by atomic mass is 10.2. The first kappa shape index (κ1) is 10.9. The van der Waals surface area contributed by atoms with E-state index < -0.39 is 24.0 Å². The highest BCUT2D eigenvalue weighted by Crippen LogP contribution is 2.20. The molecule has 0 amide bonds. The monoisotopic (exact) mass is 204 g/mol. The van der Waals surface area contributed by atoms with Gasteiger partial charge in [0.05, 0.1) is 12.8 Å². The van der Waals surface area contributed by atoms with E-state index in [0.717, 1.165) is 0 Å². The number of carbonyl (C=O) groups is 2. The van der Waals surface area contributed by atoms with Crippen molar-refractivity contribution in [3.63, 3.8) is 0 Å². The summed E-state index contributed by atoms with van der Waals surface area (Å²) < 4.78 is 9.01. The Hall–Kier alpha value is -1.14. The van der Waals surface area contributed by atoms with Crippen LogP contribution in [0.3, 0.4) is 0 Å². The molecule has 14 heavy (non-hydrogen) atoms. The third kappa shape index (κ3) is 2.43. The number of hydrogen-bond donors (Lipinski definition) is 2. The zero-order chi connectivity index (χ0) is 10.8. The molecule has 0 radical (unpaired) electrons. The fraction of sp³-hybridized carbons (Fsp3) is 0.750. The summed E-state index contributed by atoms with van der Waals surface area (Å²) in [6.45, 7) is 1.58. The number of cyclic esters (lactones) is 2. The maximum absolute atomic E-state index is 11.0. The Morgan fingerprint density at radius 2 is 1.93 bits per heavy atom. The Morgan fingerprint density at radius 3 is 2.50 bits per heavy atom. The number of hydrogen-bond acceptors (Lipinski definition) is 6. The Morgan fingerprint density at radius 1 is 1.36 bits per heavy atom. The van der Waals surface area contributed by atoms with Crippen LogP contribution >= 0.6 is 0 Å². The molecule has 2 N–H and O–H groups in total. The molecular weight excluding hydrogens is 192 g/mol. The van der Waals surface area contributed by atoms with Crippen LogP contribution in [0.25, 0.3) is 0 Å². The van der Waals surface area contributed by atoms with E-state index in [0.29, 0.717) is 0 Å². The molecule has 1 aliphatic heterocycles. The van der Waals surface area contributed by atoms with Crippen molar-refractivity contribution in [2.45, 2.75) is 38.3 Å². The minimum absolute atomic E-state index is 0.106. The van der Waals surface area contributed by atoms with Crippen LogP contribution in [0.15, 0.2) is 0 Å². The first-order chi connectivity index (χ1) is 6.45. The van der Waals surface area contributed by atoms with Crippen molar-refractivity contribution in [2.75, 3.05) is 0 Å². The molecule has 0 aliphatic carbocycles. The molecule has 0 aromatic carbocycles. The van der Waals surface area contributed by atoms with Gasteiger partial charge in [-0.05, 0) is 6.42 Å². The summed E-state index contributed by atoms with van der Waals surface area (Å²) in [5.41, 5.74) is 0. The van der Waals surface area contributed by atoms with Crippen LogP contribution in [0.1, 0.15) is 26.2 Å². The molecule has 0 bridgehead atoms. The van der Waals surface area contributed by atoms with Crippen molar-refractivity contribution < 1.29 is 29.3 Å². The Balaban J connectivity index is 2.80. The third-order valence-corrected chi connectivity index (χ3v) is 1.86. The van der Waals surface area contributed by atoms with Crippen molar-refractivity contribution in [3.05, 3.63) is 0 Å². The fourth-order valence-corrected chi connectivity index (χ4v) is 1.13. The van der Waals surface area contributed by atoms with Crippen LogP contribution in [-0.4, -0.2) is 34.2 Å². The van der Waals surface area contributed by atoms with E-state index in [-0.39, 0.29) is 19.3 Å². The number of rotatable bonds is 1. The van der Waals surface area contributed by atoms with Gasteiger partial charge in [0.2, 0.25) is 0 Å². The molecule has 1 fully saturated rings. The number of ether oxygens (including phenoxy) is 2. The van der Waals surface area contributed by atoms with E-state index >= 15 is 0 Å². The Labute approximate surface area is 80.4 Å².